The summed E-state index contributed by atoms with van der Waals surface area (Å²) in [6, 6.07) is 15.0. The first kappa shape index (κ1) is 17.2. The van der Waals surface area contributed by atoms with E-state index in [1.807, 2.05) is 19.2 Å². The predicted molar refractivity (Wildman–Crippen MR) is 92.8 cm³/mol. The van der Waals surface area contributed by atoms with Crippen molar-refractivity contribution in [1.82, 2.24) is 0 Å². The van der Waals surface area contributed by atoms with Crippen molar-refractivity contribution in [3.63, 3.8) is 0 Å². The number of quaternary nitrogens is 1. The molecule has 1 atom stereocenters. The molecule has 0 saturated carbocycles. The van der Waals surface area contributed by atoms with Crippen molar-refractivity contribution in [1.29, 1.82) is 0 Å². The van der Waals surface area contributed by atoms with Crippen LogP contribution in [0.15, 0.2) is 57.9 Å². The van der Waals surface area contributed by atoms with E-state index in [0.29, 0.717) is 11.4 Å². The van der Waals surface area contributed by atoms with Gasteiger partial charge in [-0.1, -0.05) is 40.2 Å². The third-order valence-electron chi connectivity index (χ3n) is 3.72. The minimum Gasteiger partial charge on any atom is -0.333 e. The number of benzene rings is 2. The molecule has 0 aromatic heterocycles. The Bertz CT molecular complexity index is 727. The van der Waals surface area contributed by atoms with Crippen LogP contribution >= 0.6 is 15.9 Å². The molecule has 2 aromatic rings. The van der Waals surface area contributed by atoms with Crippen LogP contribution in [-0.2, 0) is 16.4 Å². The van der Waals surface area contributed by atoms with Crippen LogP contribution in [0, 0.1) is 6.92 Å². The van der Waals surface area contributed by atoms with Gasteiger partial charge in [0.2, 0.25) is 0 Å². The molecular weight excluding hydrogens is 362 g/mol. The molecule has 0 amide bonds. The lowest BCUT2D eigenvalue weighted by Crippen LogP contribution is -3.08. The van der Waals surface area contributed by atoms with Gasteiger partial charge in [-0.3, -0.25) is 0 Å². The summed E-state index contributed by atoms with van der Waals surface area (Å²) in [5.41, 5.74) is 2.51. The second kappa shape index (κ2) is 7.40. The van der Waals surface area contributed by atoms with Crippen LogP contribution in [0.2, 0.25) is 0 Å². The molecule has 0 spiro atoms. The molecule has 0 saturated heterocycles. The fraction of sp³-hybridized carbons (Fsp3) is 0.294. The Kier molecular flexibility index (Phi) is 5.78. The molecule has 0 aliphatic carbocycles. The quantitative estimate of drug-likeness (QED) is 0.831. The lowest BCUT2D eigenvalue weighted by Gasteiger charge is -2.15. The topological polar surface area (TPSA) is 38.6 Å². The Morgan fingerprint density at radius 1 is 1.05 bits per heavy atom. The van der Waals surface area contributed by atoms with Gasteiger partial charge >= 0.3 is 0 Å². The second-order valence-corrected chi connectivity index (χ2v) is 8.61. The van der Waals surface area contributed by atoms with E-state index in [1.54, 1.807) is 24.3 Å². The fourth-order valence-electron chi connectivity index (χ4n) is 2.29. The lowest BCUT2D eigenvalue weighted by molar-refractivity contribution is -0.891. The maximum absolute atomic E-state index is 12.3. The number of hydrogen-bond donors (Lipinski definition) is 1. The SMILES string of the molecule is Cc1ccccc1C[NH+](C)CCS(=O)(=O)c1ccc(Br)cc1. The number of aryl methyl sites for hydroxylation is 1. The molecule has 0 aliphatic heterocycles. The monoisotopic (exact) mass is 382 g/mol. The smallest absolute Gasteiger partial charge is 0.183 e. The van der Waals surface area contributed by atoms with Crippen molar-refractivity contribution in [3.8, 4) is 0 Å². The van der Waals surface area contributed by atoms with Crippen molar-refractivity contribution >= 4 is 25.8 Å². The first-order valence-electron chi connectivity index (χ1n) is 7.22. The molecule has 3 nitrogen and oxygen atoms in total. The van der Waals surface area contributed by atoms with Crippen LogP contribution < -0.4 is 4.90 Å². The summed E-state index contributed by atoms with van der Waals surface area (Å²) in [4.78, 5) is 1.58. The van der Waals surface area contributed by atoms with Crippen molar-refractivity contribution in [3.05, 3.63) is 64.1 Å². The largest absolute Gasteiger partial charge is 0.333 e. The molecule has 5 heteroatoms. The molecule has 0 bridgehead atoms. The summed E-state index contributed by atoms with van der Waals surface area (Å²) in [6.07, 6.45) is 0. The summed E-state index contributed by atoms with van der Waals surface area (Å²) in [5.74, 6) is 0.159. The van der Waals surface area contributed by atoms with Gasteiger partial charge < -0.3 is 4.90 Å². The van der Waals surface area contributed by atoms with E-state index < -0.39 is 9.84 Å². The number of hydrogen-bond acceptors (Lipinski definition) is 2. The lowest BCUT2D eigenvalue weighted by atomic mass is 10.1. The summed E-state index contributed by atoms with van der Waals surface area (Å²) < 4.78 is 25.6. The van der Waals surface area contributed by atoms with E-state index in [1.165, 1.54) is 16.0 Å². The van der Waals surface area contributed by atoms with Gasteiger partial charge in [0.1, 0.15) is 12.3 Å². The van der Waals surface area contributed by atoms with Crippen LogP contribution in [0.1, 0.15) is 11.1 Å². The van der Waals surface area contributed by atoms with Gasteiger partial charge in [0.15, 0.2) is 9.84 Å². The predicted octanol–water partition coefficient (Wildman–Crippen LogP) is 2.25. The van der Waals surface area contributed by atoms with Crippen molar-refractivity contribution in [2.24, 2.45) is 0 Å². The van der Waals surface area contributed by atoms with Gasteiger partial charge in [-0.05, 0) is 36.8 Å². The van der Waals surface area contributed by atoms with E-state index in [9.17, 15) is 8.42 Å². The fourth-order valence-corrected chi connectivity index (χ4v) is 3.96. The van der Waals surface area contributed by atoms with Crippen LogP contribution in [0.25, 0.3) is 0 Å². The molecule has 118 valence electrons. The third kappa shape index (κ3) is 4.66. The molecular formula is C17H21BrNO2S+. The van der Waals surface area contributed by atoms with E-state index >= 15 is 0 Å². The second-order valence-electron chi connectivity index (χ2n) is 5.58. The highest BCUT2D eigenvalue weighted by molar-refractivity contribution is 9.10. The molecule has 22 heavy (non-hydrogen) atoms. The molecule has 1 N–H and O–H groups in total. The van der Waals surface area contributed by atoms with Gasteiger partial charge in [0.05, 0.1) is 18.5 Å². The van der Waals surface area contributed by atoms with E-state index in [0.717, 1.165) is 11.0 Å². The van der Waals surface area contributed by atoms with Crippen LogP contribution in [0.3, 0.4) is 0 Å². The highest BCUT2D eigenvalue weighted by atomic mass is 79.9. The van der Waals surface area contributed by atoms with Crippen molar-refractivity contribution in [2.75, 3.05) is 19.3 Å². The zero-order valence-corrected chi connectivity index (χ0v) is 15.2. The highest BCUT2D eigenvalue weighted by Gasteiger charge is 2.17. The maximum Gasteiger partial charge on any atom is 0.183 e. The van der Waals surface area contributed by atoms with Crippen molar-refractivity contribution < 1.29 is 13.3 Å². The third-order valence-corrected chi connectivity index (χ3v) is 5.98. The van der Waals surface area contributed by atoms with E-state index in [2.05, 4.69) is 35.0 Å². The number of rotatable bonds is 6. The van der Waals surface area contributed by atoms with Crippen molar-refractivity contribution in [2.45, 2.75) is 18.4 Å². The van der Waals surface area contributed by atoms with Gasteiger partial charge in [-0.15, -0.1) is 0 Å². The van der Waals surface area contributed by atoms with Crippen LogP contribution in [0.5, 0.6) is 0 Å². The first-order valence-corrected chi connectivity index (χ1v) is 9.67. The Morgan fingerprint density at radius 3 is 2.32 bits per heavy atom. The zero-order chi connectivity index (χ0) is 16.2. The average Bonchev–Trinajstić information content (AvgIpc) is 2.48. The first-order chi connectivity index (χ1) is 10.4. The number of nitrogens with one attached hydrogen (secondary N) is 1. The highest BCUT2D eigenvalue weighted by Crippen LogP contribution is 2.15. The Hall–Kier alpha value is -1.17. The van der Waals surface area contributed by atoms with Gasteiger partial charge in [0.25, 0.3) is 0 Å². The molecule has 0 radical (unpaired) electrons. The number of halogens is 1. The Morgan fingerprint density at radius 2 is 1.68 bits per heavy atom. The average molecular weight is 383 g/mol. The number of sulfone groups is 1. The Labute approximate surface area is 141 Å². The van der Waals surface area contributed by atoms with E-state index in [4.69, 9.17) is 0 Å². The zero-order valence-electron chi connectivity index (χ0n) is 12.8. The molecule has 2 aromatic carbocycles. The summed E-state index contributed by atoms with van der Waals surface area (Å²) in [7, 11) is -1.18. The molecule has 1 unspecified atom stereocenters. The summed E-state index contributed by atoms with van der Waals surface area (Å²) >= 11 is 3.32. The van der Waals surface area contributed by atoms with Crippen LogP contribution in [-0.4, -0.2) is 27.8 Å². The summed E-state index contributed by atoms with van der Waals surface area (Å²) in [6.45, 7) is 3.51. The van der Waals surface area contributed by atoms with Crippen LogP contribution in [0.4, 0.5) is 0 Å². The standard InChI is InChI=1S/C17H20BrNO2S/c1-14-5-3-4-6-15(14)13-19(2)11-12-22(20,21)17-9-7-16(18)8-10-17/h3-10H,11-13H2,1-2H3/p+1. The van der Waals surface area contributed by atoms with Gasteiger partial charge in [-0.25, -0.2) is 8.42 Å². The Balaban J connectivity index is 1.97. The minimum atomic E-state index is -3.22. The van der Waals surface area contributed by atoms with E-state index in [-0.39, 0.29) is 5.75 Å². The summed E-state index contributed by atoms with van der Waals surface area (Å²) in [5, 5.41) is 0. The van der Waals surface area contributed by atoms with Gasteiger partial charge in [-0.2, -0.15) is 0 Å². The maximum atomic E-state index is 12.3. The molecule has 0 aliphatic rings. The molecule has 0 heterocycles. The minimum absolute atomic E-state index is 0.159. The molecule has 0 fully saturated rings. The van der Waals surface area contributed by atoms with Gasteiger partial charge in [0, 0.05) is 10.0 Å². The molecule has 2 rings (SSSR count). The normalized spacial score (nSPS) is 13.0.